The Morgan fingerprint density at radius 1 is 0.333 bits per heavy atom. The molecule has 0 saturated carbocycles. The molecule has 0 unspecified atom stereocenters. The van der Waals surface area contributed by atoms with E-state index < -0.39 is 0 Å². The number of nitrogens with zero attached hydrogens (tertiary/aromatic N) is 4. The third-order valence-corrected chi connectivity index (χ3v) is 15.4. The van der Waals surface area contributed by atoms with E-state index in [0.29, 0.717) is 5.82 Å². The molecule has 0 aliphatic carbocycles. The van der Waals surface area contributed by atoms with Crippen LogP contribution in [0.4, 0.5) is 0 Å². The second-order valence-corrected chi connectivity index (χ2v) is 19.1. The number of thiophene rings is 1. The maximum atomic E-state index is 5.75. The molecule has 0 spiro atoms. The van der Waals surface area contributed by atoms with Crippen LogP contribution in [0, 0.1) is 0 Å². The lowest BCUT2D eigenvalue weighted by atomic mass is 10.0. The van der Waals surface area contributed by atoms with Crippen molar-refractivity contribution >= 4 is 108 Å². The minimum atomic E-state index is 0.704. The molecule has 0 aliphatic heterocycles. The van der Waals surface area contributed by atoms with E-state index in [4.69, 9.17) is 9.97 Å². The summed E-state index contributed by atoms with van der Waals surface area (Å²) < 4.78 is 7.10. The highest BCUT2D eigenvalue weighted by Crippen LogP contribution is 2.46. The van der Waals surface area contributed by atoms with Gasteiger partial charge in [0.25, 0.3) is 0 Å². The van der Waals surface area contributed by atoms with Crippen molar-refractivity contribution in [2.75, 3.05) is 0 Å². The van der Waals surface area contributed by atoms with Gasteiger partial charge in [-0.3, -0.25) is 0 Å². The monoisotopic (exact) mass is 894 g/mol. The fraction of sp³-hybridized carbons (Fsp3) is 0. The Bertz CT molecular complexity index is 4600. The van der Waals surface area contributed by atoms with Crippen LogP contribution in [0.2, 0.25) is 0 Å². The summed E-state index contributed by atoms with van der Waals surface area (Å²) in [6.45, 7) is 0. The van der Waals surface area contributed by atoms with Gasteiger partial charge in [-0.1, -0.05) is 170 Å². The van der Waals surface area contributed by atoms with Crippen LogP contribution in [0.25, 0.3) is 141 Å². The van der Waals surface area contributed by atoms with Gasteiger partial charge < -0.3 is 9.13 Å². The van der Waals surface area contributed by atoms with E-state index in [9.17, 15) is 0 Å². The van der Waals surface area contributed by atoms with Crippen LogP contribution < -0.4 is 0 Å². The SMILES string of the molecule is c1ccc(-c2ccc3c(c2)sc2c(-c4cccc5c4c4ccccc4n5-c4ccccc4)nc(-c4cccc5ccc(-n6c7cc8ccccc8cc7c7c8ccccc8ccc76)cc45)nc23)cc1. The number of hydrogen-bond donors (Lipinski definition) is 0. The fourth-order valence-electron chi connectivity index (χ4n) is 11.2. The molecule has 320 valence electrons. The van der Waals surface area contributed by atoms with E-state index in [-0.39, 0.29) is 0 Å². The van der Waals surface area contributed by atoms with E-state index in [1.807, 2.05) is 0 Å². The highest BCUT2D eigenvalue weighted by Gasteiger charge is 2.23. The van der Waals surface area contributed by atoms with Crippen molar-refractivity contribution in [3.05, 3.63) is 231 Å². The molecule has 0 saturated heterocycles. The standard InChI is InChI=1S/C64H38N4S/c1-3-15-39(16-4-1)44-30-33-50-58(37-44)69-63-61(50)65-64(66-62(63)51-26-14-28-55-60(51)49-24-11-12-27-54(49)67(55)45-21-5-2-6-22-45)48-25-13-20-41-29-32-46(38-52(41)48)68-56-34-31-40-17-9-10-23-47(40)59(56)53-35-42-18-7-8-19-43(42)36-57(53)68/h1-38H. The molecular formula is C64H38N4S. The molecule has 0 aliphatic rings. The summed E-state index contributed by atoms with van der Waals surface area (Å²) in [6, 6.07) is 83.8. The van der Waals surface area contributed by atoms with E-state index in [1.54, 1.807) is 11.3 Å². The molecule has 15 rings (SSSR count). The lowest BCUT2D eigenvalue weighted by Gasteiger charge is -2.13. The topological polar surface area (TPSA) is 35.6 Å². The summed E-state index contributed by atoms with van der Waals surface area (Å²) in [4.78, 5) is 11.4. The van der Waals surface area contributed by atoms with Gasteiger partial charge in [-0.15, -0.1) is 11.3 Å². The Balaban J connectivity index is 1.01. The van der Waals surface area contributed by atoms with Crippen molar-refractivity contribution in [1.82, 2.24) is 19.1 Å². The molecule has 0 radical (unpaired) electrons. The number of para-hydroxylation sites is 2. The zero-order valence-electron chi connectivity index (χ0n) is 37.1. The number of hydrogen-bond acceptors (Lipinski definition) is 3. The van der Waals surface area contributed by atoms with Crippen LogP contribution in [-0.4, -0.2) is 19.1 Å². The summed E-state index contributed by atoms with van der Waals surface area (Å²) >= 11 is 1.79. The van der Waals surface area contributed by atoms with E-state index in [0.717, 1.165) is 65.6 Å². The zero-order valence-corrected chi connectivity index (χ0v) is 38.0. The first-order valence-electron chi connectivity index (χ1n) is 23.5. The molecule has 0 bridgehead atoms. The third kappa shape index (κ3) is 5.75. The van der Waals surface area contributed by atoms with Crippen molar-refractivity contribution in [3.63, 3.8) is 0 Å². The molecule has 11 aromatic carbocycles. The van der Waals surface area contributed by atoms with Gasteiger partial charge in [0, 0.05) is 54.1 Å². The highest BCUT2D eigenvalue weighted by molar-refractivity contribution is 7.26. The summed E-state index contributed by atoms with van der Waals surface area (Å²) in [7, 11) is 0. The number of fused-ring (bicyclic) bond motifs is 13. The lowest BCUT2D eigenvalue weighted by Crippen LogP contribution is -1.97. The predicted octanol–water partition coefficient (Wildman–Crippen LogP) is 17.5. The normalized spacial score (nSPS) is 12.1. The Kier molecular flexibility index (Phi) is 8.20. The first-order valence-corrected chi connectivity index (χ1v) is 24.3. The molecule has 4 nitrogen and oxygen atoms in total. The van der Waals surface area contributed by atoms with Crippen LogP contribution in [0.1, 0.15) is 0 Å². The van der Waals surface area contributed by atoms with Gasteiger partial charge in [0.15, 0.2) is 5.82 Å². The molecular weight excluding hydrogens is 857 g/mol. The summed E-state index contributed by atoms with van der Waals surface area (Å²) in [5.41, 5.74) is 13.2. The average Bonchev–Trinajstić information content (AvgIpc) is 4.07. The highest BCUT2D eigenvalue weighted by atomic mass is 32.1. The molecule has 4 aromatic heterocycles. The maximum absolute atomic E-state index is 5.75. The summed E-state index contributed by atoms with van der Waals surface area (Å²) in [5.74, 6) is 0.704. The second-order valence-electron chi connectivity index (χ2n) is 18.1. The van der Waals surface area contributed by atoms with Crippen LogP contribution in [0.5, 0.6) is 0 Å². The van der Waals surface area contributed by atoms with Crippen LogP contribution >= 0.6 is 11.3 Å². The Morgan fingerprint density at radius 3 is 1.86 bits per heavy atom. The first kappa shape index (κ1) is 38.2. The largest absolute Gasteiger partial charge is 0.309 e. The molecule has 0 fully saturated rings. The van der Waals surface area contributed by atoms with Crippen LogP contribution in [0.15, 0.2) is 231 Å². The van der Waals surface area contributed by atoms with Crippen LogP contribution in [-0.2, 0) is 0 Å². The second kappa shape index (κ2) is 14.8. The minimum absolute atomic E-state index is 0.704. The van der Waals surface area contributed by atoms with Crippen LogP contribution in [0.3, 0.4) is 0 Å². The summed E-state index contributed by atoms with van der Waals surface area (Å²) in [5, 5.41) is 13.2. The van der Waals surface area contributed by atoms with Gasteiger partial charge in [-0.25, -0.2) is 9.97 Å². The predicted molar refractivity (Wildman–Crippen MR) is 292 cm³/mol. The van der Waals surface area contributed by atoms with Crippen molar-refractivity contribution in [3.8, 4) is 45.1 Å². The van der Waals surface area contributed by atoms with Gasteiger partial charge in [0.1, 0.15) is 0 Å². The molecule has 69 heavy (non-hydrogen) atoms. The zero-order chi connectivity index (χ0) is 45.2. The molecule has 0 atom stereocenters. The van der Waals surface area contributed by atoms with Gasteiger partial charge in [0.05, 0.1) is 38.0 Å². The molecule has 4 heterocycles. The van der Waals surface area contributed by atoms with Crippen molar-refractivity contribution in [1.29, 1.82) is 0 Å². The molecule has 0 amide bonds. The van der Waals surface area contributed by atoms with Crippen molar-refractivity contribution < 1.29 is 0 Å². The minimum Gasteiger partial charge on any atom is -0.309 e. The first-order chi connectivity index (χ1) is 34.2. The van der Waals surface area contributed by atoms with Gasteiger partial charge in [0.2, 0.25) is 0 Å². The number of aromatic nitrogens is 4. The van der Waals surface area contributed by atoms with Gasteiger partial charge >= 0.3 is 0 Å². The Labute approximate surface area is 400 Å². The lowest BCUT2D eigenvalue weighted by molar-refractivity contribution is 1.18. The van der Waals surface area contributed by atoms with Gasteiger partial charge in [-0.05, 0) is 104 Å². The smallest absolute Gasteiger partial charge is 0.161 e. The Morgan fingerprint density at radius 2 is 0.986 bits per heavy atom. The number of rotatable bonds is 5. The third-order valence-electron chi connectivity index (χ3n) is 14.3. The average molecular weight is 895 g/mol. The Hall–Kier alpha value is -8.90. The number of benzene rings is 11. The quantitative estimate of drug-likeness (QED) is 0.173. The van der Waals surface area contributed by atoms with Crippen molar-refractivity contribution in [2.45, 2.75) is 0 Å². The van der Waals surface area contributed by atoms with E-state index in [1.165, 1.54) is 70.0 Å². The van der Waals surface area contributed by atoms with E-state index in [2.05, 4.69) is 240 Å². The van der Waals surface area contributed by atoms with E-state index >= 15 is 0 Å². The molecule has 5 heteroatoms. The fourth-order valence-corrected chi connectivity index (χ4v) is 12.4. The van der Waals surface area contributed by atoms with Crippen molar-refractivity contribution in [2.24, 2.45) is 0 Å². The van der Waals surface area contributed by atoms with Gasteiger partial charge in [-0.2, -0.15) is 0 Å². The summed E-state index contributed by atoms with van der Waals surface area (Å²) in [6.07, 6.45) is 0. The maximum Gasteiger partial charge on any atom is 0.161 e. The molecule has 15 aromatic rings. The molecule has 0 N–H and O–H groups in total.